The minimum absolute atomic E-state index is 0.682. The third-order valence-electron chi connectivity index (χ3n) is 2.18. The van der Waals surface area contributed by atoms with E-state index < -0.39 is 0 Å². The Morgan fingerprint density at radius 1 is 0.933 bits per heavy atom. The van der Waals surface area contributed by atoms with Gasteiger partial charge in [-0.05, 0) is 16.3 Å². The molecule has 1 nitrogen and oxygen atoms in total. The zero-order valence-electron chi connectivity index (χ0n) is 9.66. The summed E-state index contributed by atoms with van der Waals surface area (Å²) in [6.45, 7) is 4.68. The summed E-state index contributed by atoms with van der Waals surface area (Å²) in [4.78, 5) is 0. The van der Waals surface area contributed by atoms with E-state index in [1.165, 1.54) is 16.3 Å². The molecule has 0 aromatic heterocycles. The van der Waals surface area contributed by atoms with E-state index in [0.29, 0.717) is 6.61 Å². The highest BCUT2D eigenvalue weighted by atomic mass is 16.5. The lowest BCUT2D eigenvalue weighted by Gasteiger charge is -2.04. The second-order valence-electron chi connectivity index (χ2n) is 3.07. The highest BCUT2D eigenvalue weighted by Gasteiger charge is 1.97. The van der Waals surface area contributed by atoms with E-state index in [-0.39, 0.29) is 0 Å². The molecule has 1 heteroatoms. The number of methoxy groups -OCH3 is 1. The van der Waals surface area contributed by atoms with Crippen LogP contribution in [0.25, 0.3) is 10.8 Å². The van der Waals surface area contributed by atoms with Crippen molar-refractivity contribution in [2.75, 3.05) is 7.11 Å². The largest absolute Gasteiger partial charge is 0.380 e. The molecule has 0 unspecified atom stereocenters. The third-order valence-corrected chi connectivity index (χ3v) is 2.18. The summed E-state index contributed by atoms with van der Waals surface area (Å²) in [5.41, 5.74) is 1.25. The molecule has 0 aliphatic rings. The van der Waals surface area contributed by atoms with Crippen LogP contribution in [0.3, 0.4) is 0 Å². The summed E-state index contributed by atoms with van der Waals surface area (Å²) in [6, 6.07) is 14.6. The van der Waals surface area contributed by atoms with Gasteiger partial charge in [0.15, 0.2) is 0 Å². The summed E-state index contributed by atoms with van der Waals surface area (Å²) in [5, 5.41) is 2.56. The van der Waals surface area contributed by atoms with E-state index in [1.54, 1.807) is 7.11 Å². The average Bonchev–Trinajstić information content (AvgIpc) is 2.33. The molecule has 0 N–H and O–H groups in total. The first kappa shape index (κ1) is 11.7. The molecule has 0 fully saturated rings. The molecule has 0 spiro atoms. The van der Waals surface area contributed by atoms with E-state index in [9.17, 15) is 0 Å². The molecule has 0 saturated carbocycles. The van der Waals surface area contributed by atoms with Crippen molar-refractivity contribution in [1.29, 1.82) is 0 Å². The van der Waals surface area contributed by atoms with Crippen LogP contribution in [0.2, 0.25) is 0 Å². The van der Waals surface area contributed by atoms with Gasteiger partial charge in [0.05, 0.1) is 6.61 Å². The first-order valence-corrected chi connectivity index (χ1v) is 5.37. The smallest absolute Gasteiger partial charge is 0.0719 e. The van der Waals surface area contributed by atoms with Crippen LogP contribution in [-0.2, 0) is 11.3 Å². The highest BCUT2D eigenvalue weighted by molar-refractivity contribution is 5.85. The van der Waals surface area contributed by atoms with Crippen molar-refractivity contribution >= 4 is 10.8 Å². The van der Waals surface area contributed by atoms with Crippen molar-refractivity contribution < 1.29 is 4.74 Å². The number of fused-ring (bicyclic) bond motifs is 1. The van der Waals surface area contributed by atoms with Gasteiger partial charge in [-0.1, -0.05) is 56.3 Å². The molecule has 0 amide bonds. The van der Waals surface area contributed by atoms with Crippen LogP contribution in [0.5, 0.6) is 0 Å². The van der Waals surface area contributed by atoms with Crippen LogP contribution in [0, 0.1) is 0 Å². The van der Waals surface area contributed by atoms with E-state index in [2.05, 4.69) is 42.5 Å². The molecule has 15 heavy (non-hydrogen) atoms. The lowest BCUT2D eigenvalue weighted by Crippen LogP contribution is -1.88. The summed E-state index contributed by atoms with van der Waals surface area (Å²) in [7, 11) is 1.72. The zero-order chi connectivity index (χ0) is 11.1. The summed E-state index contributed by atoms with van der Waals surface area (Å²) in [5.74, 6) is 0. The van der Waals surface area contributed by atoms with Crippen molar-refractivity contribution in [2.24, 2.45) is 0 Å². The van der Waals surface area contributed by atoms with Gasteiger partial charge in [0.1, 0.15) is 0 Å². The van der Waals surface area contributed by atoms with Crippen LogP contribution < -0.4 is 0 Å². The standard InChI is InChI=1S/C12H12O.C2H6/c1-13-9-11-7-4-6-10-5-2-3-8-12(10)11;1-2/h2-8H,9H2,1H3;1-2H3. The number of hydrogen-bond acceptors (Lipinski definition) is 1. The van der Waals surface area contributed by atoms with Crippen molar-refractivity contribution in [1.82, 2.24) is 0 Å². The van der Waals surface area contributed by atoms with Gasteiger partial charge in [-0.3, -0.25) is 0 Å². The summed E-state index contributed by atoms with van der Waals surface area (Å²) in [6.07, 6.45) is 0. The Kier molecular flexibility index (Phi) is 4.85. The van der Waals surface area contributed by atoms with Gasteiger partial charge in [-0.2, -0.15) is 0 Å². The topological polar surface area (TPSA) is 9.23 Å². The van der Waals surface area contributed by atoms with Crippen LogP contribution in [0.4, 0.5) is 0 Å². The molecule has 0 bridgehead atoms. The molecule has 0 aliphatic heterocycles. The van der Waals surface area contributed by atoms with Crippen LogP contribution in [0.1, 0.15) is 19.4 Å². The fourth-order valence-electron chi connectivity index (χ4n) is 1.57. The molecule has 2 aromatic rings. The minimum Gasteiger partial charge on any atom is -0.380 e. The van der Waals surface area contributed by atoms with Gasteiger partial charge >= 0.3 is 0 Å². The second kappa shape index (κ2) is 6.20. The maximum atomic E-state index is 5.14. The normalized spacial score (nSPS) is 9.53. The first-order chi connectivity index (χ1) is 7.42. The number of ether oxygens (including phenoxy) is 1. The van der Waals surface area contributed by atoms with Crippen LogP contribution in [-0.4, -0.2) is 7.11 Å². The van der Waals surface area contributed by atoms with Gasteiger partial charge in [-0.15, -0.1) is 0 Å². The Hall–Kier alpha value is -1.34. The van der Waals surface area contributed by atoms with Crippen LogP contribution >= 0.6 is 0 Å². The predicted octanol–water partition coefficient (Wildman–Crippen LogP) is 4.01. The second-order valence-corrected chi connectivity index (χ2v) is 3.07. The Morgan fingerprint density at radius 3 is 2.33 bits per heavy atom. The van der Waals surface area contributed by atoms with Crippen molar-refractivity contribution in [3.63, 3.8) is 0 Å². The molecule has 2 aromatic carbocycles. The maximum absolute atomic E-state index is 5.14. The Labute approximate surface area is 91.7 Å². The number of benzene rings is 2. The third kappa shape index (κ3) is 2.80. The van der Waals surface area contributed by atoms with Crippen molar-refractivity contribution in [3.05, 3.63) is 48.0 Å². The lowest BCUT2D eigenvalue weighted by atomic mass is 10.1. The monoisotopic (exact) mass is 202 g/mol. The van der Waals surface area contributed by atoms with Crippen molar-refractivity contribution in [2.45, 2.75) is 20.5 Å². The molecule has 0 saturated heterocycles. The lowest BCUT2D eigenvalue weighted by molar-refractivity contribution is 0.186. The molecule has 0 radical (unpaired) electrons. The van der Waals surface area contributed by atoms with E-state index in [1.807, 2.05) is 13.8 Å². The first-order valence-electron chi connectivity index (χ1n) is 5.37. The van der Waals surface area contributed by atoms with Gasteiger partial charge in [-0.25, -0.2) is 0 Å². The van der Waals surface area contributed by atoms with Gasteiger partial charge in [0.2, 0.25) is 0 Å². The Balaban J connectivity index is 0.000000531. The van der Waals surface area contributed by atoms with E-state index >= 15 is 0 Å². The number of hydrogen-bond donors (Lipinski definition) is 0. The molecular weight excluding hydrogens is 184 g/mol. The molecule has 80 valence electrons. The van der Waals surface area contributed by atoms with E-state index in [0.717, 1.165) is 0 Å². The summed E-state index contributed by atoms with van der Waals surface area (Å²) >= 11 is 0. The minimum atomic E-state index is 0.682. The SMILES string of the molecule is CC.COCc1cccc2ccccc12. The molecule has 0 aliphatic carbocycles. The quantitative estimate of drug-likeness (QED) is 0.715. The Bertz CT molecular complexity index is 402. The fraction of sp³-hybridized carbons (Fsp3) is 0.286. The Morgan fingerprint density at radius 2 is 1.60 bits per heavy atom. The van der Waals surface area contributed by atoms with E-state index in [4.69, 9.17) is 4.74 Å². The predicted molar refractivity (Wildman–Crippen MR) is 66.0 cm³/mol. The van der Waals surface area contributed by atoms with Crippen molar-refractivity contribution in [3.8, 4) is 0 Å². The maximum Gasteiger partial charge on any atom is 0.0719 e. The molecule has 0 heterocycles. The fourth-order valence-corrected chi connectivity index (χ4v) is 1.57. The molecule has 0 atom stereocenters. The highest BCUT2D eigenvalue weighted by Crippen LogP contribution is 2.18. The van der Waals surface area contributed by atoms with Gasteiger partial charge in [0, 0.05) is 7.11 Å². The zero-order valence-corrected chi connectivity index (χ0v) is 9.66. The van der Waals surface area contributed by atoms with Crippen LogP contribution in [0.15, 0.2) is 42.5 Å². The molecule has 2 rings (SSSR count). The molecular formula is C14H18O. The average molecular weight is 202 g/mol. The van der Waals surface area contributed by atoms with Gasteiger partial charge < -0.3 is 4.74 Å². The number of rotatable bonds is 2. The summed E-state index contributed by atoms with van der Waals surface area (Å²) < 4.78 is 5.14. The van der Waals surface area contributed by atoms with Gasteiger partial charge in [0.25, 0.3) is 0 Å².